The Kier molecular flexibility index (Phi) is 3.72. The SMILES string of the molecule is O=C([O-])c1cncc(SCc2ccccc2)n1. The van der Waals surface area contributed by atoms with Gasteiger partial charge in [-0.2, -0.15) is 0 Å². The zero-order valence-electron chi connectivity index (χ0n) is 8.87. The average molecular weight is 245 g/mol. The van der Waals surface area contributed by atoms with Crippen LogP contribution in [0.2, 0.25) is 0 Å². The summed E-state index contributed by atoms with van der Waals surface area (Å²) in [5, 5.41) is 11.2. The van der Waals surface area contributed by atoms with E-state index in [1.807, 2.05) is 30.3 Å². The normalized spacial score (nSPS) is 10.1. The lowest BCUT2D eigenvalue weighted by Gasteiger charge is -2.04. The number of carboxylic acids is 1. The molecule has 0 aliphatic rings. The number of aromatic carboxylic acids is 1. The second-order valence-corrected chi connectivity index (χ2v) is 4.30. The molecule has 0 atom stereocenters. The summed E-state index contributed by atoms with van der Waals surface area (Å²) in [5.41, 5.74) is 1.02. The first kappa shape index (κ1) is 11.6. The van der Waals surface area contributed by atoms with Crippen LogP contribution in [0.15, 0.2) is 47.8 Å². The van der Waals surface area contributed by atoms with Crippen molar-refractivity contribution < 1.29 is 9.90 Å². The molecule has 2 rings (SSSR count). The molecule has 0 amide bonds. The first-order chi connectivity index (χ1) is 8.25. The molecule has 0 aliphatic carbocycles. The molecule has 0 saturated heterocycles. The molecule has 4 nitrogen and oxygen atoms in total. The van der Waals surface area contributed by atoms with Gasteiger partial charge in [-0.1, -0.05) is 30.3 Å². The third kappa shape index (κ3) is 3.29. The van der Waals surface area contributed by atoms with Crippen LogP contribution < -0.4 is 5.11 Å². The van der Waals surface area contributed by atoms with Gasteiger partial charge in [0.2, 0.25) is 0 Å². The lowest BCUT2D eigenvalue weighted by Crippen LogP contribution is -2.23. The summed E-state index contributed by atoms with van der Waals surface area (Å²) in [4.78, 5) is 18.3. The van der Waals surface area contributed by atoms with Crippen molar-refractivity contribution in [2.75, 3.05) is 0 Å². The molecule has 1 aromatic carbocycles. The van der Waals surface area contributed by atoms with E-state index < -0.39 is 5.97 Å². The van der Waals surface area contributed by atoms with E-state index in [2.05, 4.69) is 9.97 Å². The topological polar surface area (TPSA) is 65.9 Å². The van der Waals surface area contributed by atoms with Crippen molar-refractivity contribution in [2.24, 2.45) is 0 Å². The number of rotatable bonds is 4. The van der Waals surface area contributed by atoms with E-state index in [1.54, 1.807) is 6.20 Å². The molecule has 5 heteroatoms. The van der Waals surface area contributed by atoms with Crippen molar-refractivity contribution in [1.29, 1.82) is 0 Å². The van der Waals surface area contributed by atoms with Crippen molar-refractivity contribution in [3.63, 3.8) is 0 Å². The molecule has 0 fully saturated rings. The quantitative estimate of drug-likeness (QED) is 0.755. The molecule has 2 aromatic rings. The van der Waals surface area contributed by atoms with Crippen molar-refractivity contribution >= 4 is 17.7 Å². The Bertz CT molecular complexity index is 517. The lowest BCUT2D eigenvalue weighted by molar-refractivity contribution is -0.255. The highest BCUT2D eigenvalue weighted by Crippen LogP contribution is 2.19. The van der Waals surface area contributed by atoms with Crippen LogP contribution in [0.5, 0.6) is 0 Å². The maximum absolute atomic E-state index is 10.6. The van der Waals surface area contributed by atoms with Gasteiger partial charge in [0.1, 0.15) is 10.7 Å². The van der Waals surface area contributed by atoms with Gasteiger partial charge in [-0.25, -0.2) is 4.98 Å². The standard InChI is InChI=1S/C12H10N2O2S/c15-12(16)10-6-13-7-11(14-10)17-8-9-4-2-1-3-5-9/h1-7H,8H2,(H,15,16)/p-1. The van der Waals surface area contributed by atoms with E-state index in [1.165, 1.54) is 18.0 Å². The summed E-state index contributed by atoms with van der Waals surface area (Å²) in [6.45, 7) is 0. The molecular formula is C12H9N2O2S-. The molecular weight excluding hydrogens is 236 g/mol. The van der Waals surface area contributed by atoms with Gasteiger partial charge in [0.15, 0.2) is 0 Å². The van der Waals surface area contributed by atoms with Gasteiger partial charge < -0.3 is 9.90 Å². The Hall–Kier alpha value is -1.88. The monoisotopic (exact) mass is 245 g/mol. The number of benzene rings is 1. The van der Waals surface area contributed by atoms with Gasteiger partial charge in [0.05, 0.1) is 18.4 Å². The number of carbonyl (C=O) groups is 1. The summed E-state index contributed by atoms with van der Waals surface area (Å²) in [5.74, 6) is -0.578. The fourth-order valence-corrected chi connectivity index (χ4v) is 2.05. The molecule has 0 bridgehead atoms. The van der Waals surface area contributed by atoms with Crippen LogP contribution in [-0.2, 0) is 5.75 Å². The smallest absolute Gasteiger partial charge is 0.115 e. The number of nitrogens with zero attached hydrogens (tertiary/aromatic N) is 2. The summed E-state index contributed by atoms with van der Waals surface area (Å²) >= 11 is 1.44. The molecule has 0 aliphatic heterocycles. The van der Waals surface area contributed by atoms with E-state index in [4.69, 9.17) is 0 Å². The zero-order valence-corrected chi connectivity index (χ0v) is 9.68. The minimum atomic E-state index is -1.31. The van der Waals surface area contributed by atoms with Gasteiger partial charge in [0.25, 0.3) is 0 Å². The number of thioether (sulfide) groups is 1. The van der Waals surface area contributed by atoms with E-state index in [9.17, 15) is 9.90 Å². The molecule has 0 radical (unpaired) electrons. The van der Waals surface area contributed by atoms with Crippen molar-refractivity contribution in [3.8, 4) is 0 Å². The Morgan fingerprint density at radius 3 is 2.71 bits per heavy atom. The van der Waals surface area contributed by atoms with E-state index >= 15 is 0 Å². The van der Waals surface area contributed by atoms with Crippen LogP contribution in [0.3, 0.4) is 0 Å². The average Bonchev–Trinajstić information content (AvgIpc) is 2.38. The van der Waals surface area contributed by atoms with E-state index in [0.29, 0.717) is 5.03 Å². The Balaban J connectivity index is 2.04. The number of carboxylic acid groups (broad SMARTS) is 1. The highest BCUT2D eigenvalue weighted by molar-refractivity contribution is 7.98. The summed E-state index contributed by atoms with van der Waals surface area (Å²) in [7, 11) is 0. The molecule has 17 heavy (non-hydrogen) atoms. The molecule has 0 spiro atoms. The highest BCUT2D eigenvalue weighted by Gasteiger charge is 2.01. The van der Waals surface area contributed by atoms with Crippen LogP contribution in [0.25, 0.3) is 0 Å². The lowest BCUT2D eigenvalue weighted by atomic mass is 10.2. The van der Waals surface area contributed by atoms with Gasteiger partial charge in [0, 0.05) is 5.75 Å². The molecule has 1 heterocycles. The first-order valence-corrected chi connectivity index (χ1v) is 5.94. The largest absolute Gasteiger partial charge is 0.543 e. The van der Waals surface area contributed by atoms with Gasteiger partial charge in [-0.05, 0) is 5.56 Å². The minimum absolute atomic E-state index is 0.136. The van der Waals surface area contributed by atoms with Crippen LogP contribution in [0.4, 0.5) is 0 Å². The first-order valence-electron chi connectivity index (χ1n) is 4.96. The number of hydrogen-bond donors (Lipinski definition) is 0. The number of aromatic nitrogens is 2. The summed E-state index contributed by atoms with van der Waals surface area (Å²) in [6, 6.07) is 9.87. The Morgan fingerprint density at radius 2 is 2.00 bits per heavy atom. The van der Waals surface area contributed by atoms with Crippen molar-refractivity contribution in [3.05, 3.63) is 54.0 Å². The Labute approximate surface area is 103 Å². The van der Waals surface area contributed by atoms with Crippen LogP contribution in [-0.4, -0.2) is 15.9 Å². The van der Waals surface area contributed by atoms with Crippen LogP contribution in [0, 0.1) is 0 Å². The molecule has 0 N–H and O–H groups in total. The number of carbonyl (C=O) groups excluding carboxylic acids is 1. The molecule has 0 unspecified atom stereocenters. The second-order valence-electron chi connectivity index (χ2n) is 3.30. The molecule has 0 saturated carbocycles. The Morgan fingerprint density at radius 1 is 1.24 bits per heavy atom. The summed E-state index contributed by atoms with van der Waals surface area (Å²) in [6.07, 6.45) is 2.72. The van der Waals surface area contributed by atoms with Crippen LogP contribution >= 0.6 is 11.8 Å². The second kappa shape index (κ2) is 5.45. The molecule has 1 aromatic heterocycles. The predicted octanol–water partition coefficient (Wildman–Crippen LogP) is 1.13. The fourth-order valence-electron chi connectivity index (χ4n) is 1.25. The van der Waals surface area contributed by atoms with E-state index in [-0.39, 0.29) is 5.69 Å². The van der Waals surface area contributed by atoms with Gasteiger partial charge >= 0.3 is 0 Å². The third-order valence-corrected chi connectivity index (χ3v) is 3.02. The highest BCUT2D eigenvalue weighted by atomic mass is 32.2. The van der Waals surface area contributed by atoms with Gasteiger partial charge in [-0.15, -0.1) is 11.8 Å². The third-order valence-electron chi connectivity index (χ3n) is 2.05. The van der Waals surface area contributed by atoms with Crippen LogP contribution in [0.1, 0.15) is 16.1 Å². The zero-order chi connectivity index (χ0) is 12.1. The predicted molar refractivity (Wildman–Crippen MR) is 62.4 cm³/mol. The number of hydrogen-bond acceptors (Lipinski definition) is 5. The van der Waals surface area contributed by atoms with Gasteiger partial charge in [-0.3, -0.25) is 4.98 Å². The summed E-state index contributed by atoms with van der Waals surface area (Å²) < 4.78 is 0. The maximum atomic E-state index is 10.6. The van der Waals surface area contributed by atoms with Crippen molar-refractivity contribution in [1.82, 2.24) is 9.97 Å². The van der Waals surface area contributed by atoms with E-state index in [0.717, 1.165) is 11.3 Å². The molecule has 86 valence electrons. The van der Waals surface area contributed by atoms with Crippen molar-refractivity contribution in [2.45, 2.75) is 10.8 Å². The maximum Gasteiger partial charge on any atom is 0.115 e. The fraction of sp³-hybridized carbons (Fsp3) is 0.0833. The minimum Gasteiger partial charge on any atom is -0.543 e.